The number of thiophene rings is 1. The number of carbonyl (C=O) groups excluding carboxylic acids is 2. The number of piperazine rings is 1. The second-order valence-electron chi connectivity index (χ2n) is 7.62. The molecule has 0 radical (unpaired) electrons. The van der Waals surface area contributed by atoms with Crippen LogP contribution in [0.3, 0.4) is 0 Å². The first kappa shape index (κ1) is 23.2. The van der Waals surface area contributed by atoms with Crippen molar-refractivity contribution in [3.8, 4) is 0 Å². The monoisotopic (exact) mass is 480 g/mol. The standard InChI is InChI=1S/C23H20F4N2O3S/c1-32-13-16-19-17(24)6-3-7-18(19)33-20(16)22(31)29-10-8-28(9-11-29)21(30)14-4-2-5-15(12-14)23(25,26)27/h2-7,12H,8-11,13H2,1H3. The summed E-state index contributed by atoms with van der Waals surface area (Å²) in [5, 5.41) is 0.367. The predicted octanol–water partition coefficient (Wildman–Crippen LogP) is 4.80. The van der Waals surface area contributed by atoms with Crippen molar-refractivity contribution in [2.45, 2.75) is 12.8 Å². The Morgan fingerprint density at radius 2 is 1.64 bits per heavy atom. The fraction of sp³-hybridized carbons (Fsp3) is 0.304. The molecule has 174 valence electrons. The number of ether oxygens (including phenoxy) is 1. The van der Waals surface area contributed by atoms with Crippen LogP contribution in [0.4, 0.5) is 17.6 Å². The lowest BCUT2D eigenvalue weighted by atomic mass is 10.1. The van der Waals surface area contributed by atoms with Crippen molar-refractivity contribution < 1.29 is 31.9 Å². The van der Waals surface area contributed by atoms with Gasteiger partial charge in [-0.3, -0.25) is 9.59 Å². The van der Waals surface area contributed by atoms with Crippen molar-refractivity contribution in [2.24, 2.45) is 0 Å². The number of rotatable bonds is 4. The van der Waals surface area contributed by atoms with Crippen LogP contribution in [0, 0.1) is 5.82 Å². The first-order valence-electron chi connectivity index (χ1n) is 10.2. The molecule has 0 aliphatic carbocycles. The summed E-state index contributed by atoms with van der Waals surface area (Å²) in [5.74, 6) is -1.22. The van der Waals surface area contributed by atoms with Crippen LogP contribution in [0.2, 0.25) is 0 Å². The highest BCUT2D eigenvalue weighted by Crippen LogP contribution is 2.35. The van der Waals surface area contributed by atoms with Crippen LogP contribution >= 0.6 is 11.3 Å². The van der Waals surface area contributed by atoms with Crippen LogP contribution in [0.25, 0.3) is 10.1 Å². The number of hydrogen-bond acceptors (Lipinski definition) is 4. The average Bonchev–Trinajstić information content (AvgIpc) is 3.18. The van der Waals surface area contributed by atoms with E-state index in [2.05, 4.69) is 0 Å². The van der Waals surface area contributed by atoms with Gasteiger partial charge in [-0.1, -0.05) is 12.1 Å². The smallest absolute Gasteiger partial charge is 0.380 e. The van der Waals surface area contributed by atoms with Crippen molar-refractivity contribution in [1.82, 2.24) is 9.80 Å². The molecule has 5 nitrogen and oxygen atoms in total. The number of hydrogen-bond donors (Lipinski definition) is 0. The van der Waals surface area contributed by atoms with E-state index >= 15 is 0 Å². The molecular formula is C23H20F4N2O3S. The molecule has 0 bridgehead atoms. The molecule has 0 N–H and O–H groups in total. The molecule has 0 unspecified atom stereocenters. The number of fused-ring (bicyclic) bond motifs is 1. The van der Waals surface area contributed by atoms with Crippen LogP contribution in [-0.4, -0.2) is 54.9 Å². The Balaban J connectivity index is 1.50. The third kappa shape index (κ3) is 4.58. The van der Waals surface area contributed by atoms with Crippen molar-refractivity contribution >= 4 is 33.2 Å². The molecule has 2 heterocycles. The molecule has 33 heavy (non-hydrogen) atoms. The molecule has 1 aromatic heterocycles. The molecular weight excluding hydrogens is 460 g/mol. The largest absolute Gasteiger partial charge is 0.416 e. The first-order chi connectivity index (χ1) is 15.7. The Morgan fingerprint density at radius 3 is 2.27 bits per heavy atom. The number of benzene rings is 2. The number of nitrogens with zero attached hydrogens (tertiary/aromatic N) is 2. The normalized spacial score (nSPS) is 14.7. The fourth-order valence-corrected chi connectivity index (χ4v) is 5.08. The van der Waals surface area contributed by atoms with Crippen LogP contribution in [0.15, 0.2) is 42.5 Å². The Kier molecular flexibility index (Phi) is 6.40. The summed E-state index contributed by atoms with van der Waals surface area (Å²) < 4.78 is 59.1. The fourth-order valence-electron chi connectivity index (χ4n) is 3.89. The molecule has 2 amide bonds. The SMILES string of the molecule is COCc1c(C(=O)N2CCN(C(=O)c3cccc(C(F)(F)F)c3)CC2)sc2cccc(F)c12. The van der Waals surface area contributed by atoms with E-state index in [1.807, 2.05) is 0 Å². The van der Waals surface area contributed by atoms with Gasteiger partial charge < -0.3 is 14.5 Å². The van der Waals surface area contributed by atoms with Crippen LogP contribution in [0.1, 0.15) is 31.2 Å². The van der Waals surface area contributed by atoms with Gasteiger partial charge in [0, 0.05) is 54.5 Å². The minimum atomic E-state index is -4.54. The van der Waals surface area contributed by atoms with Gasteiger partial charge in [-0.2, -0.15) is 13.2 Å². The highest BCUT2D eigenvalue weighted by atomic mass is 32.1. The van der Waals surface area contributed by atoms with E-state index in [0.29, 0.717) is 20.5 Å². The molecule has 0 spiro atoms. The van der Waals surface area contributed by atoms with Crippen LogP contribution < -0.4 is 0 Å². The second kappa shape index (κ2) is 9.11. The molecule has 3 aromatic rings. The second-order valence-corrected chi connectivity index (χ2v) is 8.67. The Labute approximate surface area is 191 Å². The number of methoxy groups -OCH3 is 1. The minimum absolute atomic E-state index is 0.0491. The Hall–Kier alpha value is -2.98. The van der Waals surface area contributed by atoms with Crippen molar-refractivity contribution in [1.29, 1.82) is 0 Å². The zero-order valence-corrected chi connectivity index (χ0v) is 18.4. The van der Waals surface area contributed by atoms with E-state index in [0.717, 1.165) is 12.1 Å². The van der Waals surface area contributed by atoms with E-state index < -0.39 is 23.5 Å². The summed E-state index contributed by atoms with van der Waals surface area (Å²) in [6.07, 6.45) is -4.54. The van der Waals surface area contributed by atoms with Gasteiger partial charge in [0.05, 0.1) is 17.0 Å². The van der Waals surface area contributed by atoms with Crippen molar-refractivity contribution in [2.75, 3.05) is 33.3 Å². The average molecular weight is 480 g/mol. The molecule has 10 heteroatoms. The van der Waals surface area contributed by atoms with E-state index in [1.54, 1.807) is 17.0 Å². The lowest BCUT2D eigenvalue weighted by molar-refractivity contribution is -0.137. The van der Waals surface area contributed by atoms with E-state index in [4.69, 9.17) is 4.74 Å². The van der Waals surface area contributed by atoms with Gasteiger partial charge in [0.1, 0.15) is 5.82 Å². The molecule has 1 fully saturated rings. The van der Waals surface area contributed by atoms with Crippen molar-refractivity contribution in [3.05, 3.63) is 69.8 Å². The van der Waals surface area contributed by atoms with Crippen LogP contribution in [0.5, 0.6) is 0 Å². The number of carbonyl (C=O) groups is 2. The van der Waals surface area contributed by atoms with Gasteiger partial charge in [-0.05, 0) is 30.3 Å². The molecule has 0 atom stereocenters. The summed E-state index contributed by atoms with van der Waals surface area (Å²) in [6, 6.07) is 8.95. The minimum Gasteiger partial charge on any atom is -0.380 e. The van der Waals surface area contributed by atoms with Gasteiger partial charge in [-0.15, -0.1) is 11.3 Å². The Morgan fingerprint density at radius 1 is 1.00 bits per heavy atom. The van der Waals surface area contributed by atoms with Gasteiger partial charge in [-0.25, -0.2) is 4.39 Å². The molecule has 1 aliphatic rings. The molecule has 1 saturated heterocycles. The van der Waals surface area contributed by atoms with Gasteiger partial charge in [0.2, 0.25) is 0 Å². The summed E-state index contributed by atoms with van der Waals surface area (Å²) >= 11 is 1.19. The van der Waals surface area contributed by atoms with Crippen molar-refractivity contribution in [3.63, 3.8) is 0 Å². The van der Waals surface area contributed by atoms with Gasteiger partial charge >= 0.3 is 6.18 Å². The van der Waals surface area contributed by atoms with Crippen LogP contribution in [-0.2, 0) is 17.5 Å². The highest BCUT2D eigenvalue weighted by molar-refractivity contribution is 7.21. The maximum atomic E-state index is 14.4. The quantitative estimate of drug-likeness (QED) is 0.504. The van der Waals surface area contributed by atoms with E-state index in [1.165, 1.54) is 41.5 Å². The van der Waals surface area contributed by atoms with E-state index in [-0.39, 0.29) is 44.3 Å². The third-order valence-corrected chi connectivity index (χ3v) is 6.72. The number of halogens is 4. The lowest BCUT2D eigenvalue weighted by Crippen LogP contribution is -2.50. The molecule has 4 rings (SSSR count). The zero-order chi connectivity index (χ0) is 23.8. The maximum Gasteiger partial charge on any atom is 0.416 e. The summed E-state index contributed by atoms with van der Waals surface area (Å²) in [7, 11) is 1.47. The lowest BCUT2D eigenvalue weighted by Gasteiger charge is -2.34. The third-order valence-electron chi connectivity index (χ3n) is 5.54. The van der Waals surface area contributed by atoms with E-state index in [9.17, 15) is 27.2 Å². The highest BCUT2D eigenvalue weighted by Gasteiger charge is 2.32. The zero-order valence-electron chi connectivity index (χ0n) is 17.6. The van der Waals surface area contributed by atoms with Gasteiger partial charge in [0.15, 0.2) is 0 Å². The van der Waals surface area contributed by atoms with Gasteiger partial charge in [0.25, 0.3) is 11.8 Å². The summed E-state index contributed by atoms with van der Waals surface area (Å²) in [5.41, 5.74) is -0.445. The summed E-state index contributed by atoms with van der Waals surface area (Å²) in [6.45, 7) is 0.870. The number of alkyl halides is 3. The molecule has 1 aliphatic heterocycles. The maximum absolute atomic E-state index is 14.4. The molecule has 2 aromatic carbocycles. The Bertz CT molecular complexity index is 1200. The summed E-state index contributed by atoms with van der Waals surface area (Å²) in [4.78, 5) is 29.3. The molecule has 0 saturated carbocycles. The topological polar surface area (TPSA) is 49.9 Å². The number of amides is 2. The predicted molar refractivity (Wildman–Crippen MR) is 116 cm³/mol. The first-order valence-corrected chi connectivity index (χ1v) is 11.0.